The van der Waals surface area contributed by atoms with Gasteiger partial charge in [0.2, 0.25) is 0 Å². The first-order valence-electron chi connectivity index (χ1n) is 16.6. The number of carbonyl (C=O) groups excluding carboxylic acids is 1. The fourth-order valence-corrected chi connectivity index (χ4v) is 6.25. The lowest BCUT2D eigenvalue weighted by molar-refractivity contribution is 0.0935. The molecule has 7 nitrogen and oxygen atoms in total. The number of hydrogen-bond donors (Lipinski definition) is 3. The predicted octanol–water partition coefficient (Wildman–Crippen LogP) is 7.29. The highest BCUT2D eigenvalue weighted by Gasteiger charge is 2.20. The Labute approximate surface area is 284 Å². The molecule has 1 aromatic heterocycles. The third-order valence-corrected chi connectivity index (χ3v) is 9.49. The van der Waals surface area contributed by atoms with Crippen molar-refractivity contribution in [3.8, 4) is 17.4 Å². The molecule has 0 saturated carbocycles. The summed E-state index contributed by atoms with van der Waals surface area (Å²) < 4.78 is 6.18. The third-order valence-electron chi connectivity index (χ3n) is 9.16. The Hall–Kier alpha value is -3.93. The minimum Gasteiger partial charge on any atom is -0.460 e. The van der Waals surface area contributed by atoms with Crippen molar-refractivity contribution in [1.29, 1.82) is 5.26 Å². The summed E-state index contributed by atoms with van der Waals surface area (Å²) in [5, 5.41) is 20.0. The molecule has 4 aromatic rings. The smallest absolute Gasteiger partial charge is 0.253 e. The molecule has 0 aliphatic carbocycles. The number of rotatable bonds is 14. The van der Waals surface area contributed by atoms with Crippen molar-refractivity contribution in [3.63, 3.8) is 0 Å². The molecule has 2 unspecified atom stereocenters. The molecule has 0 radical (unpaired) electrons. The summed E-state index contributed by atoms with van der Waals surface area (Å²) in [5.74, 6) is 1.97. The molecule has 2 atom stereocenters. The van der Waals surface area contributed by atoms with Crippen LogP contribution in [0.5, 0.6) is 0 Å². The van der Waals surface area contributed by atoms with Gasteiger partial charge < -0.3 is 25.3 Å². The average Bonchev–Trinajstić information content (AvgIpc) is 3.56. The van der Waals surface area contributed by atoms with Gasteiger partial charge in [0, 0.05) is 17.6 Å². The maximum atomic E-state index is 13.7. The van der Waals surface area contributed by atoms with E-state index in [0.29, 0.717) is 40.8 Å². The summed E-state index contributed by atoms with van der Waals surface area (Å²) in [5.41, 5.74) is 5.36. The first-order valence-corrected chi connectivity index (χ1v) is 17.0. The Bertz CT molecular complexity index is 1640. The molecule has 8 heteroatoms. The van der Waals surface area contributed by atoms with Crippen LogP contribution in [0.4, 0.5) is 0 Å². The van der Waals surface area contributed by atoms with Gasteiger partial charge in [-0.25, -0.2) is 0 Å². The van der Waals surface area contributed by atoms with E-state index in [4.69, 9.17) is 16.0 Å². The molecule has 1 aliphatic rings. The molecule has 3 N–H and O–H groups in total. The van der Waals surface area contributed by atoms with Crippen molar-refractivity contribution in [3.05, 3.63) is 117 Å². The van der Waals surface area contributed by atoms with E-state index in [2.05, 4.69) is 72.1 Å². The predicted molar refractivity (Wildman–Crippen MR) is 189 cm³/mol. The number of furan rings is 1. The quantitative estimate of drug-likeness (QED) is 0.124. The summed E-state index contributed by atoms with van der Waals surface area (Å²) in [6, 6.07) is 27.7. The van der Waals surface area contributed by atoms with Crippen molar-refractivity contribution >= 4 is 17.5 Å². The lowest BCUT2D eigenvalue weighted by atomic mass is 9.97. The van der Waals surface area contributed by atoms with Crippen LogP contribution in [0.2, 0.25) is 5.02 Å². The zero-order valence-electron chi connectivity index (χ0n) is 27.7. The molecular formula is C39H46ClN5O2. The van der Waals surface area contributed by atoms with Gasteiger partial charge in [-0.1, -0.05) is 53.6 Å². The second-order valence-electron chi connectivity index (χ2n) is 12.9. The number of benzene rings is 3. The maximum absolute atomic E-state index is 13.7. The van der Waals surface area contributed by atoms with Crippen LogP contribution in [0.25, 0.3) is 11.3 Å². The molecule has 246 valence electrons. The standard InChI is InChI=1S/C39H46ClN5O2/c1-27-4-10-32(11-5-27)28(2)43-26-35-13-15-38(47-35)33-12-14-37(40)36(23-33)39(46)44-34(22-29-6-8-30(24-41)9-7-29)16-19-42-25-31-17-20-45(3)21-18-31/h4-15,23,28,31,34,42-43H,16-22,25-26H2,1-3H3,(H,44,46). The molecule has 2 heterocycles. The normalized spacial score (nSPS) is 15.2. The maximum Gasteiger partial charge on any atom is 0.253 e. The summed E-state index contributed by atoms with van der Waals surface area (Å²) in [6.45, 7) is 8.89. The molecule has 1 fully saturated rings. The first kappa shape index (κ1) is 34.4. The minimum absolute atomic E-state index is 0.114. The van der Waals surface area contributed by atoms with Gasteiger partial charge in [-0.15, -0.1) is 0 Å². The van der Waals surface area contributed by atoms with Crippen LogP contribution in [-0.4, -0.2) is 50.1 Å². The second-order valence-corrected chi connectivity index (χ2v) is 13.3. The fourth-order valence-electron chi connectivity index (χ4n) is 6.04. The molecule has 0 spiro atoms. The SMILES string of the molecule is Cc1ccc(C(C)NCc2ccc(-c3ccc(Cl)c(C(=O)NC(CCNCC4CCN(C)CC4)Cc4ccc(C#N)cc4)c3)o2)cc1. The summed E-state index contributed by atoms with van der Waals surface area (Å²) in [4.78, 5) is 16.1. The second kappa shape index (κ2) is 16.8. The van der Waals surface area contributed by atoms with Gasteiger partial charge >= 0.3 is 0 Å². The van der Waals surface area contributed by atoms with E-state index in [1.807, 2.05) is 42.5 Å². The fraction of sp³-hybridized carbons (Fsp3) is 0.385. The zero-order valence-corrected chi connectivity index (χ0v) is 28.4. The number of nitrogens with one attached hydrogen (secondary N) is 3. The van der Waals surface area contributed by atoms with E-state index in [-0.39, 0.29) is 18.0 Å². The molecule has 47 heavy (non-hydrogen) atoms. The van der Waals surface area contributed by atoms with Crippen molar-refractivity contribution in [2.24, 2.45) is 5.92 Å². The van der Waals surface area contributed by atoms with Gasteiger partial charge in [-0.3, -0.25) is 4.79 Å². The van der Waals surface area contributed by atoms with Gasteiger partial charge in [0.25, 0.3) is 5.91 Å². The van der Waals surface area contributed by atoms with Gasteiger partial charge in [0.1, 0.15) is 11.5 Å². The summed E-state index contributed by atoms with van der Waals surface area (Å²) in [6.07, 6.45) is 3.85. The number of nitriles is 1. The highest BCUT2D eigenvalue weighted by Crippen LogP contribution is 2.28. The van der Waals surface area contributed by atoms with Crippen molar-refractivity contribution < 1.29 is 9.21 Å². The Morgan fingerprint density at radius 2 is 1.79 bits per heavy atom. The van der Waals surface area contributed by atoms with Crippen molar-refractivity contribution in [2.75, 3.05) is 33.2 Å². The monoisotopic (exact) mass is 651 g/mol. The lowest BCUT2D eigenvalue weighted by Crippen LogP contribution is -2.40. The number of halogens is 1. The highest BCUT2D eigenvalue weighted by atomic mass is 35.5. The van der Waals surface area contributed by atoms with Crippen molar-refractivity contribution in [2.45, 2.75) is 58.2 Å². The average molecular weight is 652 g/mol. The third kappa shape index (κ3) is 10.0. The van der Waals surface area contributed by atoms with E-state index < -0.39 is 0 Å². The van der Waals surface area contributed by atoms with Crippen LogP contribution < -0.4 is 16.0 Å². The Kier molecular flexibility index (Phi) is 12.3. The molecule has 1 aliphatic heterocycles. The van der Waals surface area contributed by atoms with Crippen LogP contribution in [-0.2, 0) is 13.0 Å². The van der Waals surface area contributed by atoms with Crippen LogP contribution in [0.15, 0.2) is 83.3 Å². The van der Waals surface area contributed by atoms with Crippen LogP contribution >= 0.6 is 11.6 Å². The van der Waals surface area contributed by atoms with Crippen LogP contribution in [0, 0.1) is 24.2 Å². The highest BCUT2D eigenvalue weighted by molar-refractivity contribution is 6.34. The molecule has 0 bridgehead atoms. The number of nitrogens with zero attached hydrogens (tertiary/aromatic N) is 2. The Morgan fingerprint density at radius 3 is 2.51 bits per heavy atom. The van der Waals surface area contributed by atoms with Crippen LogP contribution in [0.1, 0.15) is 70.6 Å². The number of aryl methyl sites for hydroxylation is 1. The number of carbonyl (C=O) groups is 1. The molecular weight excluding hydrogens is 606 g/mol. The molecule has 1 saturated heterocycles. The van der Waals surface area contributed by atoms with E-state index in [9.17, 15) is 10.1 Å². The van der Waals surface area contributed by atoms with Gasteiger partial charge in [-0.05, 0) is 132 Å². The lowest BCUT2D eigenvalue weighted by Gasteiger charge is -2.29. The Morgan fingerprint density at radius 1 is 1.04 bits per heavy atom. The van der Waals surface area contributed by atoms with Crippen molar-refractivity contribution in [1.82, 2.24) is 20.9 Å². The topological polar surface area (TPSA) is 93.3 Å². The van der Waals surface area contributed by atoms with E-state index in [0.717, 1.165) is 49.5 Å². The number of likely N-dealkylation sites (tertiary alicyclic amines) is 1. The minimum atomic E-state index is -0.216. The number of hydrogen-bond acceptors (Lipinski definition) is 6. The Balaban J connectivity index is 1.22. The van der Waals surface area contributed by atoms with Gasteiger partial charge in [0.15, 0.2) is 0 Å². The summed E-state index contributed by atoms with van der Waals surface area (Å²) in [7, 11) is 2.18. The van der Waals surface area contributed by atoms with Gasteiger partial charge in [-0.2, -0.15) is 5.26 Å². The number of piperidine rings is 1. The molecule has 5 rings (SSSR count). The largest absolute Gasteiger partial charge is 0.460 e. The van der Waals surface area contributed by atoms with E-state index in [1.165, 1.54) is 24.0 Å². The first-order chi connectivity index (χ1) is 22.8. The van der Waals surface area contributed by atoms with Gasteiger partial charge in [0.05, 0.1) is 28.8 Å². The molecule has 1 amide bonds. The number of amides is 1. The van der Waals surface area contributed by atoms with E-state index >= 15 is 0 Å². The van der Waals surface area contributed by atoms with Crippen LogP contribution in [0.3, 0.4) is 0 Å². The molecule has 3 aromatic carbocycles. The summed E-state index contributed by atoms with van der Waals surface area (Å²) >= 11 is 6.59. The zero-order chi connectivity index (χ0) is 33.2. The van der Waals surface area contributed by atoms with E-state index in [1.54, 1.807) is 12.1 Å².